The molecule has 0 aliphatic heterocycles. The van der Waals surface area contributed by atoms with Crippen LogP contribution in [-0.4, -0.2) is 17.1 Å². The second-order valence-corrected chi connectivity index (χ2v) is 8.40. The standard InChI is InChI=1S/C29H27N3O2/c1-20-9-12-25(13-10-20)34-15-14-32-19-24(26-6-4-5-7-28(26)32)17-23(18-30)29(33)31-27-16-21(2)8-11-22(27)3/h4-13,16-17,19H,14-15H2,1-3H3,(H,31,33)/b23-17+. The number of hydrogen-bond acceptors (Lipinski definition) is 3. The first-order valence-corrected chi connectivity index (χ1v) is 11.2. The number of fused-ring (bicyclic) bond motifs is 1. The summed E-state index contributed by atoms with van der Waals surface area (Å²) in [6, 6.07) is 23.8. The van der Waals surface area contributed by atoms with Crippen LogP contribution >= 0.6 is 0 Å². The SMILES string of the molecule is Cc1ccc(OCCn2cc(/C=C(\C#N)C(=O)Nc3cc(C)ccc3C)c3ccccc32)cc1. The van der Waals surface area contributed by atoms with Gasteiger partial charge in [0.05, 0.1) is 6.54 Å². The number of benzene rings is 3. The van der Waals surface area contributed by atoms with Gasteiger partial charge in [0.2, 0.25) is 0 Å². The molecule has 4 aromatic rings. The summed E-state index contributed by atoms with van der Waals surface area (Å²) >= 11 is 0. The maximum atomic E-state index is 12.9. The van der Waals surface area contributed by atoms with Gasteiger partial charge >= 0.3 is 0 Å². The summed E-state index contributed by atoms with van der Waals surface area (Å²) < 4.78 is 7.99. The molecule has 170 valence electrons. The van der Waals surface area contributed by atoms with Gasteiger partial charge in [-0.1, -0.05) is 48.0 Å². The van der Waals surface area contributed by atoms with Crippen LogP contribution in [0.5, 0.6) is 5.75 Å². The maximum absolute atomic E-state index is 12.9. The molecule has 3 aromatic carbocycles. The van der Waals surface area contributed by atoms with Gasteiger partial charge in [0.15, 0.2) is 0 Å². The molecule has 0 unspecified atom stereocenters. The second kappa shape index (κ2) is 10.1. The lowest BCUT2D eigenvalue weighted by atomic mass is 10.1. The lowest BCUT2D eigenvalue weighted by molar-refractivity contribution is -0.112. The molecule has 1 N–H and O–H groups in total. The van der Waals surface area contributed by atoms with E-state index in [1.54, 1.807) is 6.08 Å². The molecular formula is C29H27N3O2. The number of carbonyl (C=O) groups is 1. The highest BCUT2D eigenvalue weighted by Gasteiger charge is 2.14. The number of para-hydroxylation sites is 1. The molecule has 34 heavy (non-hydrogen) atoms. The van der Waals surface area contributed by atoms with Crippen molar-refractivity contribution in [2.24, 2.45) is 0 Å². The third kappa shape index (κ3) is 5.19. The van der Waals surface area contributed by atoms with Crippen LogP contribution in [0.3, 0.4) is 0 Å². The first-order valence-electron chi connectivity index (χ1n) is 11.2. The zero-order valence-corrected chi connectivity index (χ0v) is 19.6. The van der Waals surface area contributed by atoms with Gasteiger partial charge in [0.1, 0.15) is 24.0 Å². The van der Waals surface area contributed by atoms with E-state index in [9.17, 15) is 10.1 Å². The Morgan fingerprint density at radius 3 is 2.53 bits per heavy atom. The molecule has 1 aromatic heterocycles. The van der Waals surface area contributed by atoms with E-state index in [0.717, 1.165) is 33.3 Å². The smallest absolute Gasteiger partial charge is 0.266 e. The number of nitrogens with one attached hydrogen (secondary N) is 1. The monoisotopic (exact) mass is 449 g/mol. The van der Waals surface area contributed by atoms with E-state index in [0.29, 0.717) is 18.8 Å². The fraction of sp³-hybridized carbons (Fsp3) is 0.172. The number of carbonyl (C=O) groups excluding carboxylic acids is 1. The number of amides is 1. The molecular weight excluding hydrogens is 422 g/mol. The van der Waals surface area contributed by atoms with Gasteiger partial charge in [-0.25, -0.2) is 0 Å². The number of nitriles is 1. The zero-order valence-electron chi connectivity index (χ0n) is 19.6. The Morgan fingerprint density at radius 2 is 1.76 bits per heavy atom. The quantitative estimate of drug-likeness (QED) is 0.270. The minimum Gasteiger partial charge on any atom is -0.492 e. The topological polar surface area (TPSA) is 67.0 Å². The fourth-order valence-electron chi connectivity index (χ4n) is 3.84. The Balaban J connectivity index is 1.56. The molecule has 0 atom stereocenters. The van der Waals surface area contributed by atoms with Crippen molar-refractivity contribution in [3.05, 3.63) is 101 Å². The minimum absolute atomic E-state index is 0.0553. The molecule has 0 spiro atoms. The summed E-state index contributed by atoms with van der Waals surface area (Å²) in [5.74, 6) is 0.410. The second-order valence-electron chi connectivity index (χ2n) is 8.40. The predicted octanol–water partition coefficient (Wildman–Crippen LogP) is 6.19. The van der Waals surface area contributed by atoms with Crippen molar-refractivity contribution in [1.29, 1.82) is 5.26 Å². The van der Waals surface area contributed by atoms with Gasteiger partial charge in [-0.05, 0) is 62.2 Å². The highest BCUT2D eigenvalue weighted by molar-refractivity contribution is 6.11. The molecule has 0 aliphatic carbocycles. The molecule has 0 fully saturated rings. The van der Waals surface area contributed by atoms with Gasteiger partial charge in [-0.3, -0.25) is 4.79 Å². The van der Waals surface area contributed by atoms with E-state index < -0.39 is 5.91 Å². The van der Waals surface area contributed by atoms with Gasteiger partial charge in [0.25, 0.3) is 5.91 Å². The normalized spacial score (nSPS) is 11.3. The molecule has 1 heterocycles. The average molecular weight is 450 g/mol. The van der Waals surface area contributed by atoms with Crippen molar-refractivity contribution in [3.8, 4) is 11.8 Å². The van der Waals surface area contributed by atoms with Crippen molar-refractivity contribution < 1.29 is 9.53 Å². The molecule has 0 radical (unpaired) electrons. The summed E-state index contributed by atoms with van der Waals surface area (Å²) in [5, 5.41) is 13.6. The van der Waals surface area contributed by atoms with Crippen molar-refractivity contribution in [3.63, 3.8) is 0 Å². The van der Waals surface area contributed by atoms with Crippen LogP contribution in [-0.2, 0) is 11.3 Å². The largest absolute Gasteiger partial charge is 0.492 e. The van der Waals surface area contributed by atoms with Crippen molar-refractivity contribution >= 4 is 28.6 Å². The van der Waals surface area contributed by atoms with E-state index in [2.05, 4.69) is 16.0 Å². The van der Waals surface area contributed by atoms with Crippen molar-refractivity contribution in [2.45, 2.75) is 27.3 Å². The van der Waals surface area contributed by atoms with E-state index >= 15 is 0 Å². The van der Waals surface area contributed by atoms with E-state index in [4.69, 9.17) is 4.74 Å². The summed E-state index contributed by atoms with van der Waals surface area (Å²) in [5.41, 5.74) is 5.78. The van der Waals surface area contributed by atoms with E-state index in [1.807, 2.05) is 93.7 Å². The van der Waals surface area contributed by atoms with Crippen LogP contribution in [0.25, 0.3) is 17.0 Å². The Morgan fingerprint density at radius 1 is 1.03 bits per heavy atom. The maximum Gasteiger partial charge on any atom is 0.266 e. The van der Waals surface area contributed by atoms with E-state index in [1.165, 1.54) is 5.56 Å². The van der Waals surface area contributed by atoms with Gasteiger partial charge < -0.3 is 14.6 Å². The van der Waals surface area contributed by atoms with Crippen LogP contribution in [0.15, 0.2) is 78.5 Å². The predicted molar refractivity (Wildman–Crippen MR) is 137 cm³/mol. The fourth-order valence-corrected chi connectivity index (χ4v) is 3.84. The zero-order chi connectivity index (χ0) is 24.1. The highest BCUT2D eigenvalue weighted by atomic mass is 16.5. The Labute approximate surface area is 199 Å². The van der Waals surface area contributed by atoms with Crippen LogP contribution in [0.1, 0.15) is 22.3 Å². The summed E-state index contributed by atoms with van der Waals surface area (Å²) in [7, 11) is 0. The molecule has 5 nitrogen and oxygen atoms in total. The summed E-state index contributed by atoms with van der Waals surface area (Å²) in [6.45, 7) is 7.08. The number of aromatic nitrogens is 1. The molecule has 1 amide bonds. The van der Waals surface area contributed by atoms with Crippen LogP contribution in [0.4, 0.5) is 5.69 Å². The number of nitrogens with zero attached hydrogens (tertiary/aromatic N) is 2. The number of hydrogen-bond donors (Lipinski definition) is 1. The third-order valence-electron chi connectivity index (χ3n) is 5.75. The third-order valence-corrected chi connectivity index (χ3v) is 5.75. The Kier molecular flexibility index (Phi) is 6.79. The Hall–Kier alpha value is -4.30. The molecule has 5 heteroatoms. The molecule has 0 aliphatic rings. The summed E-state index contributed by atoms with van der Waals surface area (Å²) in [6.07, 6.45) is 3.62. The molecule has 0 bridgehead atoms. The number of ether oxygens (including phenoxy) is 1. The minimum atomic E-state index is -0.421. The van der Waals surface area contributed by atoms with Crippen LogP contribution < -0.4 is 10.1 Å². The summed E-state index contributed by atoms with van der Waals surface area (Å²) in [4.78, 5) is 12.9. The van der Waals surface area contributed by atoms with Gasteiger partial charge in [-0.2, -0.15) is 5.26 Å². The molecule has 0 saturated carbocycles. The first-order chi connectivity index (χ1) is 16.4. The molecule has 0 saturated heterocycles. The Bertz CT molecular complexity index is 1410. The lowest BCUT2D eigenvalue weighted by Crippen LogP contribution is -2.14. The van der Waals surface area contributed by atoms with Gasteiger partial charge in [0, 0.05) is 28.4 Å². The van der Waals surface area contributed by atoms with Crippen LogP contribution in [0.2, 0.25) is 0 Å². The van der Waals surface area contributed by atoms with Gasteiger partial charge in [-0.15, -0.1) is 0 Å². The van der Waals surface area contributed by atoms with E-state index in [-0.39, 0.29) is 5.57 Å². The molecule has 4 rings (SSSR count). The van der Waals surface area contributed by atoms with Crippen molar-refractivity contribution in [2.75, 3.05) is 11.9 Å². The number of rotatable bonds is 7. The van der Waals surface area contributed by atoms with Crippen molar-refractivity contribution in [1.82, 2.24) is 4.57 Å². The number of anilines is 1. The average Bonchev–Trinajstić information content (AvgIpc) is 3.18. The first kappa shape index (κ1) is 22.9. The van der Waals surface area contributed by atoms with Crippen LogP contribution in [0, 0.1) is 32.1 Å². The highest BCUT2D eigenvalue weighted by Crippen LogP contribution is 2.25. The lowest BCUT2D eigenvalue weighted by Gasteiger charge is -2.08. The number of aryl methyl sites for hydroxylation is 3.